The highest BCUT2D eigenvalue weighted by Gasteiger charge is 2.15. The fourth-order valence-corrected chi connectivity index (χ4v) is 2.43. The third kappa shape index (κ3) is 5.35. The van der Waals surface area contributed by atoms with Gasteiger partial charge in [0.25, 0.3) is 5.69 Å². The van der Waals surface area contributed by atoms with Gasteiger partial charge in [0.1, 0.15) is 10.8 Å². The maximum Gasteiger partial charge on any atom is 0.322 e. The second kappa shape index (κ2) is 8.53. The van der Waals surface area contributed by atoms with E-state index in [1.807, 2.05) is 24.3 Å². The quantitative estimate of drug-likeness (QED) is 0.424. The summed E-state index contributed by atoms with van der Waals surface area (Å²) in [7, 11) is 0. The average Bonchev–Trinajstić information content (AvgIpc) is 2.56. The van der Waals surface area contributed by atoms with E-state index in [0.29, 0.717) is 11.7 Å². The van der Waals surface area contributed by atoms with Crippen molar-refractivity contribution in [2.24, 2.45) is 0 Å². The minimum absolute atomic E-state index is 0.00232. The number of ether oxygens (including phenoxy) is 1. The molecule has 8 heteroatoms. The summed E-state index contributed by atoms with van der Waals surface area (Å²) in [6.07, 6.45) is -0.595. The number of halogens is 1. The maximum atomic E-state index is 12.0. The lowest BCUT2D eigenvalue weighted by Crippen LogP contribution is -2.39. The zero-order chi connectivity index (χ0) is 19.3. The number of anilines is 1. The summed E-state index contributed by atoms with van der Waals surface area (Å²) in [5, 5.41) is 16.0. The molecule has 2 aromatic rings. The molecule has 0 saturated carbocycles. The normalized spacial score (nSPS) is 11.7. The SMILES string of the molecule is CC(NC(=O)Nc1ccc(Cl)c([N+](=O)[O-])c1)Oc1ccc(C(C)C)cc1. The van der Waals surface area contributed by atoms with E-state index in [-0.39, 0.29) is 16.4 Å². The summed E-state index contributed by atoms with van der Waals surface area (Å²) in [6.45, 7) is 5.89. The molecular formula is C18H20ClN3O4. The molecule has 0 radical (unpaired) electrons. The Morgan fingerprint density at radius 3 is 2.38 bits per heavy atom. The minimum Gasteiger partial charge on any atom is -0.471 e. The molecule has 0 spiro atoms. The van der Waals surface area contributed by atoms with E-state index in [1.165, 1.54) is 23.8 Å². The molecule has 0 aliphatic carbocycles. The Kier molecular flexibility index (Phi) is 6.41. The average molecular weight is 378 g/mol. The fourth-order valence-electron chi connectivity index (χ4n) is 2.25. The van der Waals surface area contributed by atoms with Crippen LogP contribution in [0.25, 0.3) is 0 Å². The van der Waals surface area contributed by atoms with Crippen LogP contribution in [0.3, 0.4) is 0 Å². The van der Waals surface area contributed by atoms with Gasteiger partial charge in [-0.05, 0) is 42.7 Å². The lowest BCUT2D eigenvalue weighted by atomic mass is 10.0. The topological polar surface area (TPSA) is 93.5 Å². The van der Waals surface area contributed by atoms with Crippen molar-refractivity contribution in [2.45, 2.75) is 32.9 Å². The van der Waals surface area contributed by atoms with Crippen LogP contribution < -0.4 is 15.4 Å². The number of carbonyl (C=O) groups excluding carboxylic acids is 1. The second-order valence-electron chi connectivity index (χ2n) is 6.01. The van der Waals surface area contributed by atoms with Crippen molar-refractivity contribution in [2.75, 3.05) is 5.32 Å². The summed E-state index contributed by atoms with van der Waals surface area (Å²) in [6, 6.07) is 11.1. The number of urea groups is 1. The van der Waals surface area contributed by atoms with Gasteiger partial charge in [0, 0.05) is 11.8 Å². The lowest BCUT2D eigenvalue weighted by molar-refractivity contribution is -0.384. The highest BCUT2D eigenvalue weighted by molar-refractivity contribution is 6.32. The van der Waals surface area contributed by atoms with Crippen LogP contribution in [0.15, 0.2) is 42.5 Å². The number of benzene rings is 2. The van der Waals surface area contributed by atoms with Crippen molar-refractivity contribution < 1.29 is 14.5 Å². The Morgan fingerprint density at radius 2 is 1.81 bits per heavy atom. The fraction of sp³-hybridized carbons (Fsp3) is 0.278. The number of hydrogen-bond donors (Lipinski definition) is 2. The minimum atomic E-state index is -0.613. The number of hydrogen-bond acceptors (Lipinski definition) is 4. The molecule has 0 saturated heterocycles. The molecule has 0 aromatic heterocycles. The zero-order valence-electron chi connectivity index (χ0n) is 14.7. The molecule has 7 nitrogen and oxygen atoms in total. The van der Waals surface area contributed by atoms with Gasteiger partial charge in [-0.15, -0.1) is 0 Å². The van der Waals surface area contributed by atoms with Gasteiger partial charge in [-0.2, -0.15) is 0 Å². The van der Waals surface area contributed by atoms with Crippen LogP contribution in [0.4, 0.5) is 16.2 Å². The number of nitrogens with zero attached hydrogens (tertiary/aromatic N) is 1. The van der Waals surface area contributed by atoms with Crippen molar-refractivity contribution in [3.63, 3.8) is 0 Å². The molecule has 26 heavy (non-hydrogen) atoms. The van der Waals surface area contributed by atoms with Crippen molar-refractivity contribution >= 4 is 29.0 Å². The predicted octanol–water partition coefficient (Wildman–Crippen LogP) is 4.92. The molecule has 2 amide bonds. The van der Waals surface area contributed by atoms with E-state index in [4.69, 9.17) is 16.3 Å². The number of rotatable bonds is 6. The summed E-state index contributed by atoms with van der Waals surface area (Å²) in [5.41, 5.74) is 1.17. The molecule has 138 valence electrons. The molecule has 2 rings (SSSR count). The first-order chi connectivity index (χ1) is 12.3. The van der Waals surface area contributed by atoms with E-state index in [2.05, 4.69) is 24.5 Å². The van der Waals surface area contributed by atoms with E-state index in [1.54, 1.807) is 6.92 Å². The first kappa shape index (κ1) is 19.5. The highest BCUT2D eigenvalue weighted by Crippen LogP contribution is 2.27. The van der Waals surface area contributed by atoms with E-state index in [0.717, 1.165) is 0 Å². The van der Waals surface area contributed by atoms with Gasteiger partial charge in [0.2, 0.25) is 0 Å². The number of carbonyl (C=O) groups is 1. The molecule has 0 aliphatic heterocycles. The largest absolute Gasteiger partial charge is 0.471 e. The maximum absolute atomic E-state index is 12.0. The summed E-state index contributed by atoms with van der Waals surface area (Å²) < 4.78 is 5.64. The van der Waals surface area contributed by atoms with Crippen LogP contribution in [-0.2, 0) is 0 Å². The zero-order valence-corrected chi connectivity index (χ0v) is 15.4. The Morgan fingerprint density at radius 1 is 1.15 bits per heavy atom. The van der Waals surface area contributed by atoms with Gasteiger partial charge >= 0.3 is 6.03 Å². The van der Waals surface area contributed by atoms with Gasteiger partial charge in [-0.1, -0.05) is 37.6 Å². The van der Waals surface area contributed by atoms with Crippen LogP contribution in [0.5, 0.6) is 5.75 Å². The van der Waals surface area contributed by atoms with E-state index < -0.39 is 17.2 Å². The van der Waals surface area contributed by atoms with Gasteiger partial charge in [-0.3, -0.25) is 10.1 Å². The van der Waals surface area contributed by atoms with Crippen molar-refractivity contribution in [1.29, 1.82) is 0 Å². The third-order valence-electron chi connectivity index (χ3n) is 3.59. The Hall–Kier alpha value is -2.80. The molecule has 0 fully saturated rings. The highest BCUT2D eigenvalue weighted by atomic mass is 35.5. The molecular weight excluding hydrogens is 358 g/mol. The van der Waals surface area contributed by atoms with Crippen molar-refractivity contribution in [3.8, 4) is 5.75 Å². The van der Waals surface area contributed by atoms with Crippen LogP contribution in [0.1, 0.15) is 32.3 Å². The standard InChI is InChI=1S/C18H20ClN3O4/c1-11(2)13-4-7-15(8-5-13)26-12(3)20-18(23)21-14-6-9-16(19)17(10-14)22(24)25/h4-12H,1-3H3,(H2,20,21,23). The Labute approximate surface area is 156 Å². The monoisotopic (exact) mass is 377 g/mol. The van der Waals surface area contributed by atoms with Gasteiger partial charge < -0.3 is 15.4 Å². The molecule has 1 atom stereocenters. The van der Waals surface area contributed by atoms with Gasteiger partial charge in [0.05, 0.1) is 4.92 Å². The van der Waals surface area contributed by atoms with E-state index in [9.17, 15) is 14.9 Å². The summed E-state index contributed by atoms with van der Waals surface area (Å²) in [4.78, 5) is 22.3. The van der Waals surface area contributed by atoms with Crippen LogP contribution in [0.2, 0.25) is 5.02 Å². The molecule has 0 heterocycles. The summed E-state index contributed by atoms with van der Waals surface area (Å²) in [5.74, 6) is 1.05. The van der Waals surface area contributed by atoms with Crippen molar-refractivity contribution in [1.82, 2.24) is 5.32 Å². The Bertz CT molecular complexity index is 794. The predicted molar refractivity (Wildman–Crippen MR) is 101 cm³/mol. The third-order valence-corrected chi connectivity index (χ3v) is 3.91. The number of nitro groups is 1. The molecule has 1 unspecified atom stereocenters. The number of nitro benzene ring substituents is 1. The molecule has 2 aromatic carbocycles. The van der Waals surface area contributed by atoms with Gasteiger partial charge in [0.15, 0.2) is 6.23 Å². The number of nitrogens with one attached hydrogen (secondary N) is 2. The van der Waals surface area contributed by atoms with Crippen LogP contribution in [0, 0.1) is 10.1 Å². The lowest BCUT2D eigenvalue weighted by Gasteiger charge is -2.17. The molecule has 0 aliphatic rings. The number of amides is 2. The second-order valence-corrected chi connectivity index (χ2v) is 6.41. The van der Waals surface area contributed by atoms with Gasteiger partial charge in [-0.25, -0.2) is 4.79 Å². The Balaban J connectivity index is 1.92. The molecule has 2 N–H and O–H groups in total. The summed E-state index contributed by atoms with van der Waals surface area (Å²) >= 11 is 5.74. The van der Waals surface area contributed by atoms with E-state index >= 15 is 0 Å². The first-order valence-corrected chi connectivity index (χ1v) is 8.42. The van der Waals surface area contributed by atoms with Crippen LogP contribution >= 0.6 is 11.6 Å². The van der Waals surface area contributed by atoms with Crippen LogP contribution in [-0.4, -0.2) is 17.2 Å². The smallest absolute Gasteiger partial charge is 0.322 e. The molecule has 0 bridgehead atoms. The van der Waals surface area contributed by atoms with Crippen molar-refractivity contribution in [3.05, 3.63) is 63.2 Å². The first-order valence-electron chi connectivity index (χ1n) is 8.04.